The first kappa shape index (κ1) is 16.5. The SMILES string of the molecule is Cn1cnc(-c2ccc(O[C@@H]3CCNCC3(C)C)c(C(N)=O)c2)c1. The lowest BCUT2D eigenvalue weighted by atomic mass is 9.82. The van der Waals surface area contributed by atoms with Gasteiger partial charge in [0.1, 0.15) is 11.9 Å². The van der Waals surface area contributed by atoms with Crippen LogP contribution in [0.4, 0.5) is 0 Å². The number of nitrogens with zero attached hydrogens (tertiary/aromatic N) is 2. The van der Waals surface area contributed by atoms with E-state index in [9.17, 15) is 4.79 Å². The summed E-state index contributed by atoms with van der Waals surface area (Å²) in [5, 5.41) is 3.38. The zero-order valence-corrected chi connectivity index (χ0v) is 14.4. The fourth-order valence-corrected chi connectivity index (χ4v) is 3.07. The number of aryl methyl sites for hydroxylation is 1. The van der Waals surface area contributed by atoms with E-state index in [1.807, 2.05) is 29.9 Å². The zero-order chi connectivity index (χ0) is 17.3. The number of carbonyl (C=O) groups excluding carboxylic acids is 1. The van der Waals surface area contributed by atoms with Crippen molar-refractivity contribution in [3.63, 3.8) is 0 Å². The highest BCUT2D eigenvalue weighted by molar-refractivity contribution is 5.96. The average molecular weight is 328 g/mol. The Hall–Kier alpha value is -2.34. The number of hydrogen-bond acceptors (Lipinski definition) is 4. The number of benzene rings is 1. The molecule has 0 aliphatic carbocycles. The predicted octanol–water partition coefficient (Wildman–Crippen LogP) is 1.95. The molecule has 3 rings (SSSR count). The van der Waals surface area contributed by atoms with Crippen LogP contribution in [0.3, 0.4) is 0 Å². The van der Waals surface area contributed by atoms with E-state index in [1.54, 1.807) is 12.4 Å². The smallest absolute Gasteiger partial charge is 0.252 e. The average Bonchev–Trinajstić information content (AvgIpc) is 2.96. The van der Waals surface area contributed by atoms with Crippen molar-refractivity contribution in [3.8, 4) is 17.0 Å². The van der Waals surface area contributed by atoms with Gasteiger partial charge in [0, 0.05) is 30.8 Å². The lowest BCUT2D eigenvalue weighted by molar-refractivity contribution is 0.0442. The quantitative estimate of drug-likeness (QED) is 0.899. The molecule has 0 unspecified atom stereocenters. The minimum atomic E-state index is -0.491. The number of hydrogen-bond donors (Lipinski definition) is 2. The maximum atomic E-state index is 11.9. The molecule has 1 aromatic carbocycles. The van der Waals surface area contributed by atoms with Crippen LogP contribution in [-0.2, 0) is 7.05 Å². The predicted molar refractivity (Wildman–Crippen MR) is 92.8 cm³/mol. The minimum Gasteiger partial charge on any atom is -0.489 e. The summed E-state index contributed by atoms with van der Waals surface area (Å²) >= 11 is 0. The summed E-state index contributed by atoms with van der Waals surface area (Å²) in [7, 11) is 1.90. The molecule has 2 heterocycles. The molecule has 2 aromatic rings. The van der Waals surface area contributed by atoms with E-state index in [0.717, 1.165) is 30.8 Å². The topological polar surface area (TPSA) is 82.2 Å². The van der Waals surface area contributed by atoms with E-state index in [-0.39, 0.29) is 11.5 Å². The Balaban J connectivity index is 1.92. The highest BCUT2D eigenvalue weighted by Crippen LogP contribution is 2.32. The van der Waals surface area contributed by atoms with Crippen LogP contribution in [0, 0.1) is 5.41 Å². The standard InChI is InChI=1S/C18H24N4O2/c1-18(2)10-20-7-6-16(18)24-15-5-4-12(8-13(15)17(19)23)14-9-22(3)11-21-14/h4-5,8-9,11,16,20H,6-7,10H2,1-3H3,(H2,19,23)/t16-/m1/s1. The summed E-state index contributed by atoms with van der Waals surface area (Å²) < 4.78 is 8.05. The maximum absolute atomic E-state index is 11.9. The molecule has 0 bridgehead atoms. The molecule has 3 N–H and O–H groups in total. The number of nitrogens with one attached hydrogen (secondary N) is 1. The van der Waals surface area contributed by atoms with Crippen molar-refractivity contribution in [2.75, 3.05) is 13.1 Å². The van der Waals surface area contributed by atoms with Crippen molar-refractivity contribution in [1.29, 1.82) is 0 Å². The van der Waals surface area contributed by atoms with Crippen LogP contribution in [0.1, 0.15) is 30.6 Å². The Morgan fingerprint density at radius 2 is 2.25 bits per heavy atom. The van der Waals surface area contributed by atoms with E-state index in [0.29, 0.717) is 11.3 Å². The third kappa shape index (κ3) is 3.28. The second kappa shape index (κ2) is 6.28. The molecule has 0 radical (unpaired) electrons. The van der Waals surface area contributed by atoms with Crippen LogP contribution < -0.4 is 15.8 Å². The molecule has 1 aliphatic heterocycles. The van der Waals surface area contributed by atoms with Crippen molar-refractivity contribution in [2.45, 2.75) is 26.4 Å². The number of primary amides is 1. The maximum Gasteiger partial charge on any atom is 0.252 e. The summed E-state index contributed by atoms with van der Waals surface area (Å²) in [6.07, 6.45) is 4.56. The van der Waals surface area contributed by atoms with E-state index in [1.165, 1.54) is 0 Å². The fourth-order valence-electron chi connectivity index (χ4n) is 3.07. The second-order valence-electron chi connectivity index (χ2n) is 7.06. The van der Waals surface area contributed by atoms with Crippen molar-refractivity contribution in [1.82, 2.24) is 14.9 Å². The third-order valence-corrected chi connectivity index (χ3v) is 4.55. The second-order valence-corrected chi connectivity index (χ2v) is 7.06. The van der Waals surface area contributed by atoms with Crippen molar-refractivity contribution in [3.05, 3.63) is 36.3 Å². The minimum absolute atomic E-state index is 0.00712. The molecule has 0 spiro atoms. The van der Waals surface area contributed by atoms with E-state index < -0.39 is 5.91 Å². The fraction of sp³-hybridized carbons (Fsp3) is 0.444. The number of carbonyl (C=O) groups is 1. The number of aromatic nitrogens is 2. The van der Waals surface area contributed by atoms with E-state index >= 15 is 0 Å². The highest BCUT2D eigenvalue weighted by atomic mass is 16.5. The van der Waals surface area contributed by atoms with Gasteiger partial charge in [0.2, 0.25) is 0 Å². The largest absolute Gasteiger partial charge is 0.489 e. The molecule has 1 saturated heterocycles. The molecular formula is C18H24N4O2. The molecule has 128 valence electrons. The van der Waals surface area contributed by atoms with Crippen LogP contribution in [0.2, 0.25) is 0 Å². The Labute approximate surface area is 142 Å². The summed E-state index contributed by atoms with van der Waals surface area (Å²) in [5.41, 5.74) is 7.62. The molecule has 1 aromatic heterocycles. The molecular weight excluding hydrogens is 304 g/mol. The first-order chi connectivity index (χ1) is 11.4. The molecule has 6 nitrogen and oxygen atoms in total. The Kier molecular flexibility index (Phi) is 4.32. The van der Waals surface area contributed by atoms with Gasteiger partial charge in [-0.15, -0.1) is 0 Å². The van der Waals surface area contributed by atoms with Gasteiger partial charge in [0.25, 0.3) is 5.91 Å². The molecule has 24 heavy (non-hydrogen) atoms. The molecule has 1 fully saturated rings. The van der Waals surface area contributed by atoms with Crippen molar-refractivity contribution >= 4 is 5.91 Å². The van der Waals surface area contributed by atoms with Gasteiger partial charge in [-0.25, -0.2) is 4.98 Å². The number of piperidine rings is 1. The van der Waals surface area contributed by atoms with Crippen LogP contribution in [-0.4, -0.2) is 34.7 Å². The number of imidazole rings is 1. The third-order valence-electron chi connectivity index (χ3n) is 4.55. The molecule has 1 aliphatic rings. The van der Waals surface area contributed by atoms with Crippen molar-refractivity contribution in [2.24, 2.45) is 18.2 Å². The van der Waals surface area contributed by atoms with E-state index in [4.69, 9.17) is 10.5 Å². The lowest BCUT2D eigenvalue weighted by Gasteiger charge is -2.39. The summed E-state index contributed by atoms with van der Waals surface area (Å²) in [4.78, 5) is 16.2. The number of amides is 1. The Morgan fingerprint density at radius 1 is 1.46 bits per heavy atom. The van der Waals surface area contributed by atoms with Crippen LogP contribution in [0.5, 0.6) is 5.75 Å². The molecule has 0 saturated carbocycles. The molecule has 1 atom stereocenters. The summed E-state index contributed by atoms with van der Waals surface area (Å²) in [6.45, 7) is 6.12. The van der Waals surface area contributed by atoms with Gasteiger partial charge in [0.15, 0.2) is 0 Å². The van der Waals surface area contributed by atoms with Gasteiger partial charge in [-0.2, -0.15) is 0 Å². The Morgan fingerprint density at radius 3 is 2.88 bits per heavy atom. The first-order valence-corrected chi connectivity index (χ1v) is 8.16. The van der Waals surface area contributed by atoms with E-state index in [2.05, 4.69) is 24.1 Å². The first-order valence-electron chi connectivity index (χ1n) is 8.16. The summed E-state index contributed by atoms with van der Waals surface area (Å²) in [5.74, 6) is 0.0525. The van der Waals surface area contributed by atoms with Crippen LogP contribution in [0.25, 0.3) is 11.3 Å². The summed E-state index contributed by atoms with van der Waals surface area (Å²) in [6, 6.07) is 5.49. The zero-order valence-electron chi connectivity index (χ0n) is 14.4. The number of nitrogens with two attached hydrogens (primary N) is 1. The Bertz CT molecular complexity index is 751. The van der Waals surface area contributed by atoms with Crippen molar-refractivity contribution < 1.29 is 9.53 Å². The van der Waals surface area contributed by atoms with Crippen LogP contribution >= 0.6 is 0 Å². The normalized spacial score (nSPS) is 19.9. The molecule has 1 amide bonds. The number of rotatable bonds is 4. The highest BCUT2D eigenvalue weighted by Gasteiger charge is 2.34. The number of ether oxygens (including phenoxy) is 1. The van der Waals surface area contributed by atoms with Gasteiger partial charge >= 0.3 is 0 Å². The van der Waals surface area contributed by atoms with Gasteiger partial charge in [-0.05, 0) is 31.2 Å². The monoisotopic (exact) mass is 328 g/mol. The van der Waals surface area contributed by atoms with Crippen LogP contribution in [0.15, 0.2) is 30.7 Å². The van der Waals surface area contributed by atoms with Gasteiger partial charge in [-0.1, -0.05) is 13.8 Å². The van der Waals surface area contributed by atoms with Gasteiger partial charge in [0.05, 0.1) is 17.6 Å². The lowest BCUT2D eigenvalue weighted by Crippen LogP contribution is -2.49. The van der Waals surface area contributed by atoms with Gasteiger partial charge < -0.3 is 20.4 Å². The van der Waals surface area contributed by atoms with Gasteiger partial charge in [-0.3, -0.25) is 4.79 Å². The molecule has 6 heteroatoms.